The molecule has 0 bridgehead atoms. The molecule has 0 aliphatic carbocycles. The molecule has 0 saturated heterocycles. The molecule has 0 fully saturated rings. The lowest BCUT2D eigenvalue weighted by Crippen LogP contribution is -2.26. The molecule has 6 heteroatoms. The monoisotopic (exact) mass is 520 g/mol. The quantitative estimate of drug-likeness (QED) is 0.296. The Hall–Kier alpha value is -4.32. The molecular weight excluding hydrogens is 484 g/mol. The lowest BCUT2D eigenvalue weighted by molar-refractivity contribution is 0.590. The number of hydrogen-bond acceptors (Lipinski definition) is 2. The molecule has 39 heavy (non-hydrogen) atoms. The first-order chi connectivity index (χ1) is 18.5. The van der Waals surface area contributed by atoms with Crippen molar-refractivity contribution in [2.75, 3.05) is 0 Å². The van der Waals surface area contributed by atoms with Gasteiger partial charge in [-0.25, -0.2) is 9.36 Å². The van der Waals surface area contributed by atoms with E-state index in [1.165, 1.54) is 5.56 Å². The van der Waals surface area contributed by atoms with Gasteiger partial charge in [0.2, 0.25) is 0 Å². The van der Waals surface area contributed by atoms with Gasteiger partial charge in [0.15, 0.2) is 0 Å². The van der Waals surface area contributed by atoms with Gasteiger partial charge in [0.1, 0.15) is 0 Å². The van der Waals surface area contributed by atoms with E-state index < -0.39 is 5.92 Å². The fraction of sp³-hybridized carbons (Fsp3) is 0.273. The molecule has 5 aromatic rings. The van der Waals surface area contributed by atoms with Crippen LogP contribution in [-0.4, -0.2) is 18.7 Å². The van der Waals surface area contributed by atoms with Crippen molar-refractivity contribution >= 4 is 0 Å². The number of nitrogens with zero attached hydrogens (tertiary/aromatic N) is 4. The normalized spacial score (nSPS) is 11.9. The van der Waals surface area contributed by atoms with Gasteiger partial charge in [-0.1, -0.05) is 81.4 Å². The maximum Gasteiger partial charge on any atom is 0.275 e. The third-order valence-corrected chi connectivity index (χ3v) is 7.88. The van der Waals surface area contributed by atoms with E-state index in [1.54, 1.807) is 9.36 Å². The highest BCUT2D eigenvalue weighted by atomic mass is 16.1. The molecule has 0 radical (unpaired) electrons. The summed E-state index contributed by atoms with van der Waals surface area (Å²) in [4.78, 5) is 28.5. The summed E-state index contributed by atoms with van der Waals surface area (Å²) in [7, 11) is 3.79. The van der Waals surface area contributed by atoms with Gasteiger partial charge in [-0.15, -0.1) is 0 Å². The van der Waals surface area contributed by atoms with Crippen LogP contribution in [-0.2, 0) is 19.5 Å². The van der Waals surface area contributed by atoms with E-state index in [2.05, 4.69) is 45.0 Å². The number of para-hydroxylation sites is 2. The van der Waals surface area contributed by atoms with E-state index in [0.29, 0.717) is 11.1 Å². The second-order valence-electron chi connectivity index (χ2n) is 11.3. The minimum absolute atomic E-state index is 0.0145. The van der Waals surface area contributed by atoms with Gasteiger partial charge in [0, 0.05) is 31.4 Å². The zero-order chi connectivity index (χ0) is 28.1. The second kappa shape index (κ2) is 9.77. The van der Waals surface area contributed by atoms with Crippen molar-refractivity contribution in [1.29, 1.82) is 0 Å². The van der Waals surface area contributed by atoms with Crippen LogP contribution < -0.4 is 11.1 Å². The van der Waals surface area contributed by atoms with Gasteiger partial charge < -0.3 is 0 Å². The highest BCUT2D eigenvalue weighted by Crippen LogP contribution is 2.34. The fourth-order valence-corrected chi connectivity index (χ4v) is 5.50. The summed E-state index contributed by atoms with van der Waals surface area (Å²) >= 11 is 0. The molecule has 0 N–H and O–H groups in total. The number of rotatable bonds is 5. The minimum atomic E-state index is -0.536. The standard InChI is InChI=1S/C33H36N4O2/c1-22-28(31(38)36(34(22)6)26-14-10-8-11-15-26)30(24-18-20-25(21-19-24)33(3,4)5)29-23(2)35(7)37(32(29)39)27-16-12-9-13-17-27/h8-21,30H,1-7H3. The molecule has 0 unspecified atom stereocenters. The van der Waals surface area contributed by atoms with Crippen LogP contribution in [0.3, 0.4) is 0 Å². The Morgan fingerprint density at radius 1 is 0.590 bits per heavy atom. The number of aromatic nitrogens is 4. The lowest BCUT2D eigenvalue weighted by atomic mass is 9.82. The van der Waals surface area contributed by atoms with Gasteiger partial charge in [0.05, 0.1) is 22.5 Å². The third kappa shape index (κ3) is 4.40. The summed E-state index contributed by atoms with van der Waals surface area (Å²) in [5, 5.41) is 0. The van der Waals surface area contributed by atoms with E-state index in [9.17, 15) is 9.59 Å². The summed E-state index contributed by atoms with van der Waals surface area (Å²) < 4.78 is 7.15. The molecule has 0 saturated carbocycles. The number of hydrogen-bond donors (Lipinski definition) is 0. The van der Waals surface area contributed by atoms with Crippen LogP contribution >= 0.6 is 0 Å². The Balaban J connectivity index is 1.82. The molecule has 3 aromatic carbocycles. The van der Waals surface area contributed by atoms with Gasteiger partial charge in [-0.3, -0.25) is 19.0 Å². The van der Waals surface area contributed by atoms with Gasteiger partial charge in [0.25, 0.3) is 11.1 Å². The summed E-state index contributed by atoms with van der Waals surface area (Å²) in [6.45, 7) is 10.5. The van der Waals surface area contributed by atoms with Gasteiger partial charge in [-0.2, -0.15) is 0 Å². The summed E-state index contributed by atoms with van der Waals surface area (Å²) in [5.41, 5.74) is 6.28. The van der Waals surface area contributed by atoms with E-state index >= 15 is 0 Å². The lowest BCUT2D eigenvalue weighted by Gasteiger charge is -2.21. The van der Waals surface area contributed by atoms with Gasteiger partial charge in [-0.05, 0) is 54.7 Å². The summed E-state index contributed by atoms with van der Waals surface area (Å²) in [5.74, 6) is -0.536. The van der Waals surface area contributed by atoms with Crippen molar-refractivity contribution in [1.82, 2.24) is 18.7 Å². The molecule has 5 rings (SSSR count). The topological polar surface area (TPSA) is 53.9 Å². The molecule has 6 nitrogen and oxygen atoms in total. The van der Waals surface area contributed by atoms with Crippen molar-refractivity contribution in [3.63, 3.8) is 0 Å². The predicted octanol–water partition coefficient (Wildman–Crippen LogP) is 5.76. The molecule has 2 aromatic heterocycles. The Morgan fingerprint density at radius 3 is 1.33 bits per heavy atom. The van der Waals surface area contributed by atoms with Crippen LogP contribution in [0.1, 0.15) is 60.3 Å². The van der Waals surface area contributed by atoms with Crippen LogP contribution in [0.25, 0.3) is 11.4 Å². The first kappa shape index (κ1) is 26.3. The zero-order valence-electron chi connectivity index (χ0n) is 23.8. The highest BCUT2D eigenvalue weighted by molar-refractivity contribution is 5.49. The predicted molar refractivity (Wildman–Crippen MR) is 158 cm³/mol. The summed E-state index contributed by atoms with van der Waals surface area (Å²) in [6, 6.07) is 27.6. The molecule has 0 atom stereocenters. The van der Waals surface area contributed by atoms with Crippen molar-refractivity contribution < 1.29 is 0 Å². The van der Waals surface area contributed by atoms with Crippen LogP contribution in [0.5, 0.6) is 0 Å². The molecule has 2 heterocycles. The highest BCUT2D eigenvalue weighted by Gasteiger charge is 2.33. The van der Waals surface area contributed by atoms with Crippen molar-refractivity contribution in [2.24, 2.45) is 14.1 Å². The van der Waals surface area contributed by atoms with E-state index in [1.807, 2.05) is 98.0 Å². The first-order valence-electron chi connectivity index (χ1n) is 13.3. The van der Waals surface area contributed by atoms with Crippen LogP contribution in [0.2, 0.25) is 0 Å². The molecule has 0 amide bonds. The average molecular weight is 521 g/mol. The van der Waals surface area contributed by atoms with Crippen LogP contribution in [0.15, 0.2) is 94.5 Å². The first-order valence-corrected chi connectivity index (χ1v) is 13.3. The Bertz CT molecular complexity index is 1640. The second-order valence-corrected chi connectivity index (χ2v) is 11.3. The van der Waals surface area contributed by atoms with Crippen molar-refractivity contribution in [3.05, 3.63) is 139 Å². The third-order valence-electron chi connectivity index (χ3n) is 7.88. The van der Waals surface area contributed by atoms with Gasteiger partial charge >= 0.3 is 0 Å². The average Bonchev–Trinajstić information content (AvgIpc) is 3.28. The molecule has 0 aliphatic rings. The molecule has 200 valence electrons. The van der Waals surface area contributed by atoms with Crippen LogP contribution in [0, 0.1) is 13.8 Å². The maximum absolute atomic E-state index is 14.2. The van der Waals surface area contributed by atoms with E-state index in [0.717, 1.165) is 28.3 Å². The van der Waals surface area contributed by atoms with Crippen LogP contribution in [0.4, 0.5) is 0 Å². The van der Waals surface area contributed by atoms with E-state index in [-0.39, 0.29) is 16.5 Å². The Morgan fingerprint density at radius 2 is 0.974 bits per heavy atom. The number of benzene rings is 3. The SMILES string of the molecule is Cc1c(C(c2ccc(C(C)(C)C)cc2)c2c(C)n(C)n(-c3ccccc3)c2=O)c(=O)n(-c2ccccc2)n1C. The minimum Gasteiger partial charge on any atom is -0.285 e. The molecule has 0 spiro atoms. The Labute approximate surface area is 229 Å². The van der Waals surface area contributed by atoms with E-state index in [4.69, 9.17) is 0 Å². The zero-order valence-corrected chi connectivity index (χ0v) is 23.8. The molecular formula is C33H36N4O2. The molecule has 0 aliphatic heterocycles. The fourth-order valence-electron chi connectivity index (χ4n) is 5.50. The smallest absolute Gasteiger partial charge is 0.275 e. The van der Waals surface area contributed by atoms with Crippen molar-refractivity contribution in [2.45, 2.75) is 46.0 Å². The Kier molecular flexibility index (Phi) is 6.59. The summed E-state index contributed by atoms with van der Waals surface area (Å²) in [6.07, 6.45) is 0. The maximum atomic E-state index is 14.2. The van der Waals surface area contributed by atoms with Crippen molar-refractivity contribution in [3.8, 4) is 11.4 Å². The largest absolute Gasteiger partial charge is 0.285 e.